The molecule has 6 nitrogen and oxygen atoms in total. The molecule has 0 atom stereocenters. The Balaban J connectivity index is 1.53. The highest BCUT2D eigenvalue weighted by molar-refractivity contribution is 7.80. The third-order valence-corrected chi connectivity index (χ3v) is 5.54. The summed E-state index contributed by atoms with van der Waals surface area (Å²) in [6.07, 6.45) is 0.549. The zero-order chi connectivity index (χ0) is 21.7. The minimum atomic E-state index is -0.353. The molecule has 158 valence electrons. The highest BCUT2D eigenvalue weighted by atomic mass is 35.5. The summed E-state index contributed by atoms with van der Waals surface area (Å²) in [6.45, 7) is 6.90. The molecule has 0 aliphatic carbocycles. The first-order chi connectivity index (χ1) is 14.4. The Morgan fingerprint density at radius 1 is 1.07 bits per heavy atom. The van der Waals surface area contributed by atoms with E-state index in [-0.39, 0.29) is 16.9 Å². The lowest BCUT2D eigenvalue weighted by atomic mass is 10.1. The average molecular weight is 445 g/mol. The third-order valence-electron chi connectivity index (χ3n) is 5.02. The van der Waals surface area contributed by atoms with Crippen LogP contribution >= 0.6 is 23.8 Å². The van der Waals surface area contributed by atoms with Gasteiger partial charge in [0.05, 0.1) is 10.6 Å². The van der Waals surface area contributed by atoms with Crippen LogP contribution in [-0.4, -0.2) is 48.0 Å². The van der Waals surface area contributed by atoms with Crippen molar-refractivity contribution in [3.05, 3.63) is 58.6 Å². The number of hydrogen-bond donors (Lipinski definition) is 2. The molecule has 0 aromatic heterocycles. The number of carbonyl (C=O) groups is 2. The fraction of sp³-hybridized carbons (Fsp3) is 0.318. The number of nitrogens with one attached hydrogen (secondary N) is 2. The zero-order valence-electron chi connectivity index (χ0n) is 17.1. The average Bonchev–Trinajstić information content (AvgIpc) is 2.73. The van der Waals surface area contributed by atoms with E-state index in [1.807, 2.05) is 49.1 Å². The van der Waals surface area contributed by atoms with E-state index in [2.05, 4.69) is 15.5 Å². The molecule has 1 fully saturated rings. The van der Waals surface area contributed by atoms with Crippen molar-refractivity contribution in [1.82, 2.24) is 10.2 Å². The second-order valence-corrected chi connectivity index (χ2v) is 7.98. The lowest BCUT2D eigenvalue weighted by Gasteiger charge is -2.36. The third kappa shape index (κ3) is 5.49. The summed E-state index contributed by atoms with van der Waals surface area (Å²) in [4.78, 5) is 28.3. The molecule has 2 amide bonds. The standard InChI is InChI=1S/C22H25ClN4O2S/c1-3-20(28)27-12-10-26(11-13-27)17-7-5-16(6-8-17)24-22(30)25-21(29)18-9-4-15(2)14-19(18)23/h4-9,14H,3,10-13H2,1-2H3,(H2,24,25,29,30). The zero-order valence-corrected chi connectivity index (χ0v) is 18.6. The summed E-state index contributed by atoms with van der Waals surface area (Å²) in [6, 6.07) is 13.1. The summed E-state index contributed by atoms with van der Waals surface area (Å²) in [5.41, 5.74) is 3.22. The number of thiocarbonyl (C=S) groups is 1. The van der Waals surface area contributed by atoms with E-state index in [4.69, 9.17) is 23.8 Å². The Morgan fingerprint density at radius 3 is 2.33 bits per heavy atom. The number of benzene rings is 2. The monoisotopic (exact) mass is 444 g/mol. The van der Waals surface area contributed by atoms with Gasteiger partial charge in [-0.2, -0.15) is 0 Å². The van der Waals surface area contributed by atoms with E-state index >= 15 is 0 Å². The molecule has 0 unspecified atom stereocenters. The summed E-state index contributed by atoms with van der Waals surface area (Å²) >= 11 is 11.4. The minimum Gasteiger partial charge on any atom is -0.368 e. The van der Waals surface area contributed by atoms with E-state index in [9.17, 15) is 9.59 Å². The van der Waals surface area contributed by atoms with Crippen molar-refractivity contribution in [3.63, 3.8) is 0 Å². The highest BCUT2D eigenvalue weighted by Gasteiger charge is 2.20. The molecule has 3 rings (SSSR count). The van der Waals surface area contributed by atoms with Crippen LogP contribution in [0, 0.1) is 6.92 Å². The molecule has 2 N–H and O–H groups in total. The molecule has 2 aromatic carbocycles. The Morgan fingerprint density at radius 2 is 1.73 bits per heavy atom. The number of amides is 2. The summed E-state index contributed by atoms with van der Waals surface area (Å²) in [5.74, 6) is -0.148. The predicted octanol–water partition coefficient (Wildman–Crippen LogP) is 3.83. The molecule has 1 heterocycles. The molecule has 8 heteroatoms. The van der Waals surface area contributed by atoms with Gasteiger partial charge in [-0.1, -0.05) is 24.6 Å². The van der Waals surface area contributed by atoms with Crippen molar-refractivity contribution >= 4 is 52.1 Å². The van der Waals surface area contributed by atoms with Gasteiger partial charge in [-0.15, -0.1) is 0 Å². The maximum Gasteiger partial charge on any atom is 0.258 e. The largest absolute Gasteiger partial charge is 0.368 e. The normalized spacial score (nSPS) is 13.7. The molecule has 0 radical (unpaired) electrons. The molecule has 1 saturated heterocycles. The van der Waals surface area contributed by atoms with E-state index in [0.29, 0.717) is 17.0 Å². The van der Waals surface area contributed by atoms with Crippen LogP contribution in [0.2, 0.25) is 5.02 Å². The van der Waals surface area contributed by atoms with Crippen molar-refractivity contribution < 1.29 is 9.59 Å². The first-order valence-corrected chi connectivity index (χ1v) is 10.7. The number of halogens is 1. The Kier molecular flexibility index (Phi) is 7.29. The van der Waals surface area contributed by atoms with Crippen LogP contribution in [0.4, 0.5) is 11.4 Å². The fourth-order valence-corrected chi connectivity index (χ4v) is 3.86. The lowest BCUT2D eigenvalue weighted by molar-refractivity contribution is -0.131. The molecule has 2 aromatic rings. The molecular weight excluding hydrogens is 420 g/mol. The second-order valence-electron chi connectivity index (χ2n) is 7.16. The van der Waals surface area contributed by atoms with Gasteiger partial charge in [-0.3, -0.25) is 14.9 Å². The van der Waals surface area contributed by atoms with Gasteiger partial charge in [0, 0.05) is 44.0 Å². The minimum absolute atomic E-state index is 0.205. The van der Waals surface area contributed by atoms with Gasteiger partial charge in [-0.05, 0) is 61.1 Å². The van der Waals surface area contributed by atoms with Crippen LogP contribution in [0.15, 0.2) is 42.5 Å². The smallest absolute Gasteiger partial charge is 0.258 e. The van der Waals surface area contributed by atoms with E-state index in [1.165, 1.54) is 0 Å². The van der Waals surface area contributed by atoms with Crippen molar-refractivity contribution in [2.45, 2.75) is 20.3 Å². The number of rotatable bonds is 4. The van der Waals surface area contributed by atoms with Gasteiger partial charge in [0.15, 0.2) is 5.11 Å². The topological polar surface area (TPSA) is 64.7 Å². The van der Waals surface area contributed by atoms with Crippen molar-refractivity contribution in [3.8, 4) is 0 Å². The lowest BCUT2D eigenvalue weighted by Crippen LogP contribution is -2.48. The second kappa shape index (κ2) is 9.91. The van der Waals surface area contributed by atoms with E-state index < -0.39 is 0 Å². The summed E-state index contributed by atoms with van der Waals surface area (Å²) < 4.78 is 0. The first kappa shape index (κ1) is 22.1. The van der Waals surface area contributed by atoms with Gasteiger partial charge in [0.2, 0.25) is 5.91 Å². The molecule has 1 aliphatic rings. The quantitative estimate of drug-likeness (QED) is 0.701. The summed E-state index contributed by atoms with van der Waals surface area (Å²) in [5, 5.41) is 6.27. The molecule has 1 aliphatic heterocycles. The van der Waals surface area contributed by atoms with Crippen molar-refractivity contribution in [2.75, 3.05) is 36.4 Å². The predicted molar refractivity (Wildman–Crippen MR) is 125 cm³/mol. The van der Waals surface area contributed by atoms with E-state index in [0.717, 1.165) is 43.1 Å². The van der Waals surface area contributed by atoms with Crippen molar-refractivity contribution in [1.29, 1.82) is 0 Å². The molecule has 0 saturated carbocycles. The fourth-order valence-electron chi connectivity index (χ4n) is 3.33. The van der Waals surface area contributed by atoms with Gasteiger partial charge in [-0.25, -0.2) is 0 Å². The number of piperazine rings is 1. The van der Waals surface area contributed by atoms with Gasteiger partial charge < -0.3 is 15.1 Å². The van der Waals surface area contributed by atoms with Crippen LogP contribution in [0.3, 0.4) is 0 Å². The SMILES string of the molecule is CCC(=O)N1CCN(c2ccc(NC(=S)NC(=O)c3ccc(C)cc3Cl)cc2)CC1. The number of nitrogens with zero attached hydrogens (tertiary/aromatic N) is 2. The van der Waals surface area contributed by atoms with Crippen LogP contribution in [-0.2, 0) is 4.79 Å². The van der Waals surface area contributed by atoms with Crippen LogP contribution < -0.4 is 15.5 Å². The summed E-state index contributed by atoms with van der Waals surface area (Å²) in [7, 11) is 0. The van der Waals surface area contributed by atoms with Crippen LogP contribution in [0.25, 0.3) is 0 Å². The maximum absolute atomic E-state index is 12.4. The van der Waals surface area contributed by atoms with Gasteiger partial charge in [0.25, 0.3) is 5.91 Å². The number of aryl methyl sites for hydroxylation is 1. The van der Waals surface area contributed by atoms with E-state index in [1.54, 1.807) is 12.1 Å². The van der Waals surface area contributed by atoms with Crippen molar-refractivity contribution in [2.24, 2.45) is 0 Å². The molecule has 0 spiro atoms. The molecule has 0 bridgehead atoms. The first-order valence-electron chi connectivity index (χ1n) is 9.88. The van der Waals surface area contributed by atoms with Crippen LogP contribution in [0.1, 0.15) is 29.3 Å². The Labute approximate surface area is 187 Å². The maximum atomic E-state index is 12.4. The highest BCUT2D eigenvalue weighted by Crippen LogP contribution is 2.20. The van der Waals surface area contributed by atoms with Gasteiger partial charge in [0.1, 0.15) is 0 Å². The number of hydrogen-bond acceptors (Lipinski definition) is 4. The Bertz CT molecular complexity index is 941. The number of anilines is 2. The molecular formula is C22H25ClN4O2S. The molecule has 30 heavy (non-hydrogen) atoms. The number of carbonyl (C=O) groups excluding carboxylic acids is 2. The van der Waals surface area contributed by atoms with Crippen LogP contribution in [0.5, 0.6) is 0 Å². The Hall–Kier alpha value is -2.64. The van der Waals surface area contributed by atoms with Gasteiger partial charge >= 0.3 is 0 Å².